The summed E-state index contributed by atoms with van der Waals surface area (Å²) in [5, 5.41) is 0. The molecule has 0 spiro atoms. The van der Waals surface area contributed by atoms with Crippen molar-refractivity contribution in [3.8, 4) is 34.9 Å². The summed E-state index contributed by atoms with van der Waals surface area (Å²) in [6.07, 6.45) is -1.93. The first kappa shape index (κ1) is 111. The molecule has 753 valence electrons. The molecule has 9 aliphatic rings. The van der Waals surface area contributed by atoms with E-state index in [-0.39, 0.29) is 142 Å². The number of carbonyl (C=O) groups excluding carboxylic acids is 9. The third-order valence-corrected chi connectivity index (χ3v) is 28.2. The van der Waals surface area contributed by atoms with Gasteiger partial charge in [-0.3, -0.25) is 28.8 Å². The molecule has 6 aromatic rings. The summed E-state index contributed by atoms with van der Waals surface area (Å²) >= 11 is 0. The minimum absolute atomic E-state index is 0. The van der Waals surface area contributed by atoms with E-state index >= 15 is 0 Å². The van der Waals surface area contributed by atoms with Crippen LogP contribution in [0.4, 0.5) is 39.5 Å². The third kappa shape index (κ3) is 28.1. The number of nitrogens with zero attached hydrogens (tertiary/aromatic N) is 9. The maximum absolute atomic E-state index is 14.1. The molecule has 6 fully saturated rings. The molecule has 0 N–H and O–H groups in total. The molecular formula is C99H123F9N9O18V3-3. The summed E-state index contributed by atoms with van der Waals surface area (Å²) in [5.41, 5.74) is 1.69. The largest absolute Gasteiger partial charge is 0.540 e. The van der Waals surface area contributed by atoms with Gasteiger partial charge in [-0.05, 0) is 161 Å². The first-order chi connectivity index (χ1) is 63.6. The Bertz CT molecular complexity index is 5300. The van der Waals surface area contributed by atoms with Crippen LogP contribution in [0, 0.1) is 69.5 Å². The van der Waals surface area contributed by atoms with Gasteiger partial charge in [0.05, 0.1) is 111 Å². The number of amides is 3. The average molecular weight is 2050 g/mol. The summed E-state index contributed by atoms with van der Waals surface area (Å²) in [6.45, 7) is 17.0. The van der Waals surface area contributed by atoms with Crippen molar-refractivity contribution in [2.24, 2.45) is 69.5 Å². The van der Waals surface area contributed by atoms with Gasteiger partial charge in [-0.25, -0.2) is 48.8 Å². The smallest absolute Gasteiger partial charge is 0.389 e. The summed E-state index contributed by atoms with van der Waals surface area (Å²) in [7, 11) is 4.53. The minimum Gasteiger partial charge on any atom is -0.540 e. The molecule has 6 aliphatic heterocycles. The van der Waals surface area contributed by atoms with E-state index in [1.165, 1.54) is 21.3 Å². The number of ether oxygens (including phenoxy) is 9. The van der Waals surface area contributed by atoms with Crippen LogP contribution in [0.5, 0.6) is 34.9 Å². The normalized spacial score (nSPS) is 28.4. The molecule has 0 unspecified atom stereocenters. The Morgan fingerprint density at radius 1 is 0.384 bits per heavy atom. The summed E-state index contributed by atoms with van der Waals surface area (Å²) < 4.78 is 178. The first-order valence-corrected chi connectivity index (χ1v) is 47.1. The number of rotatable bonds is 9. The number of hydrogen-bond acceptors (Lipinski definition) is 24. The van der Waals surface area contributed by atoms with Crippen LogP contribution < -0.4 is 28.4 Å². The van der Waals surface area contributed by atoms with Gasteiger partial charge in [-0.1, -0.05) is 119 Å². The SMILES string of the molecule is COc1ccc2nc3c(nc2c1)O[C@H]1CN(C(=O)[C@H](C(C)(C)C)CC(=O)O[C@@H]2CCC[C@H]2CCCCC3)[C@H]([C-]=O)[C@@H]1CC(F)(F)F.COc1ccc2nc3c(nc2c1)O[C@H]1CN(C(=O)[C@H](C(C)(C)C)CC(=O)O[C@@H]2C[C@H]2CCCCC3)[C@H]([C-]=O)[C@@H]1CC(F)(F)F.COc1ccc2nc3c(nc2c1)O[C@H]1CN(C(=O)[C@H](C(C)(C)C)CC(=O)O[C@]2(C)C[C@H]2CCCCC3)[C@H]([C-]=O)[C@@H]1CC(F)(F)F.[V].[V].[V]. The molecule has 3 aromatic carbocycles. The van der Waals surface area contributed by atoms with Gasteiger partial charge < -0.3 is 71.7 Å². The quantitative estimate of drug-likeness (QED) is 0.0562. The molecule has 9 heterocycles. The zero-order valence-electron chi connectivity index (χ0n) is 80.1. The Labute approximate surface area is 834 Å². The van der Waals surface area contributed by atoms with E-state index in [1.807, 2.05) is 6.92 Å². The van der Waals surface area contributed by atoms with E-state index in [9.17, 15) is 82.7 Å². The van der Waals surface area contributed by atoms with Gasteiger partial charge in [-0.15, -0.1) is 0 Å². The Morgan fingerprint density at radius 3 is 1.03 bits per heavy atom. The second-order valence-corrected chi connectivity index (χ2v) is 41.2. The fourth-order valence-electron chi connectivity index (χ4n) is 20.3. The molecule has 27 nitrogen and oxygen atoms in total. The van der Waals surface area contributed by atoms with Crippen LogP contribution in [-0.4, -0.2) is 213 Å². The first-order valence-electron chi connectivity index (χ1n) is 47.1. The van der Waals surface area contributed by atoms with Crippen LogP contribution in [0.3, 0.4) is 0 Å². The standard InChI is InChI=1S/C34H43F3N3O6.C33H41F3N3O6.C32H39F3N3O6.3V/c1-33(2,3)23-16-30(42)45-28-12-8-10-20(28)9-6-5-7-11-25-31(39-26-15-21(44-4)13-14-24(26)38-25)46-29-18-40(32(23)43)27(19-41)22(29)17-34(35,36)37;1-31(2,3)22-14-28(41)45-32(4)15-19(32)9-7-6-8-10-24-29(38-25-13-20(43-5)11-12-23(25)37-24)44-27-17-39(30(22)42)26(18-40)21(27)16-33(34,35)36;1-31(2,3)21-14-28(40)43-26-12-18(26)8-6-5-7-9-23-29(37-24-13-19(42-4)10-11-22(24)36-23)44-27-16-38(30(21)41)25(17-39)20(27)15-32(33,34)35;;;/h13-15,20,22-23,27-29H,5-12,16-18H2,1-4H3;11-13,19,21-22,26-27H,6-10,14-17H2,1-5H3;10-11,13,18,20-21,25-27H,5-9,12,14-16H2,1-4H3;;;/q3*-1;;;/t20-,22+,23-,27-,28-,29+;19-,21+,22-,26-,27+,32-;18-,20+,21-,25-,26-,27+;;;/m111.../s1. The summed E-state index contributed by atoms with van der Waals surface area (Å²) in [5.74, 6) is -8.02. The topological polar surface area (TPSA) is 324 Å². The second-order valence-electron chi connectivity index (χ2n) is 41.2. The third-order valence-electron chi connectivity index (χ3n) is 28.2. The average Bonchev–Trinajstić information content (AvgIpc) is 1.60. The van der Waals surface area contributed by atoms with E-state index in [0.29, 0.717) is 86.7 Å². The van der Waals surface area contributed by atoms with Crippen LogP contribution >= 0.6 is 0 Å². The zero-order valence-corrected chi connectivity index (χ0v) is 84.3. The van der Waals surface area contributed by atoms with E-state index in [1.54, 1.807) is 136 Å². The number of methoxy groups -OCH3 is 3. The van der Waals surface area contributed by atoms with Gasteiger partial charge in [0.2, 0.25) is 35.4 Å². The predicted octanol–water partition coefficient (Wildman–Crippen LogP) is 17.3. The predicted molar refractivity (Wildman–Crippen MR) is 475 cm³/mol. The molecule has 18 atom stereocenters. The van der Waals surface area contributed by atoms with Crippen molar-refractivity contribution in [2.45, 2.75) is 309 Å². The van der Waals surface area contributed by atoms with Gasteiger partial charge in [0, 0.05) is 117 Å². The molecule has 3 amide bonds. The number of esters is 3. The minimum atomic E-state index is -4.65. The molecule has 3 aliphatic carbocycles. The van der Waals surface area contributed by atoms with Gasteiger partial charge >= 0.3 is 36.4 Å². The van der Waals surface area contributed by atoms with Crippen LogP contribution in [-0.2, 0) is 132 Å². The number of carbonyl (C=O) groups is 6. The second kappa shape index (κ2) is 46.2. The maximum atomic E-state index is 14.1. The van der Waals surface area contributed by atoms with Gasteiger partial charge in [-0.2, -0.15) is 39.5 Å². The molecule has 138 heavy (non-hydrogen) atoms. The van der Waals surface area contributed by atoms with Crippen molar-refractivity contribution in [1.29, 1.82) is 0 Å². The number of hydrogen-bond donors (Lipinski definition) is 0. The number of benzene rings is 3. The van der Waals surface area contributed by atoms with Crippen molar-refractivity contribution >= 4 is 87.6 Å². The van der Waals surface area contributed by atoms with Crippen LogP contribution in [0.25, 0.3) is 33.1 Å². The van der Waals surface area contributed by atoms with E-state index < -0.39 is 167 Å². The molecule has 3 aromatic heterocycles. The molecule has 3 radical (unpaired) electrons. The molecular weight excluding hydrogens is 1930 g/mol. The van der Waals surface area contributed by atoms with Crippen molar-refractivity contribution < 1.29 is 181 Å². The molecule has 3 saturated heterocycles. The zero-order chi connectivity index (χ0) is 97.8. The van der Waals surface area contributed by atoms with Crippen LogP contribution in [0.1, 0.15) is 234 Å². The van der Waals surface area contributed by atoms with E-state index in [0.717, 1.165) is 124 Å². The van der Waals surface area contributed by atoms with E-state index in [4.69, 9.17) is 57.6 Å². The number of fused-ring (bicyclic) bond motifs is 15. The fourth-order valence-corrected chi connectivity index (χ4v) is 20.3. The molecule has 39 heteroatoms. The van der Waals surface area contributed by atoms with Crippen molar-refractivity contribution in [1.82, 2.24) is 44.6 Å². The van der Waals surface area contributed by atoms with Crippen molar-refractivity contribution in [3.05, 3.63) is 71.7 Å². The van der Waals surface area contributed by atoms with Gasteiger partial charge in [0.25, 0.3) is 0 Å². The Kier molecular flexibility index (Phi) is 37.3. The Morgan fingerprint density at radius 2 is 0.703 bits per heavy atom. The number of aromatic nitrogens is 6. The monoisotopic (exact) mass is 2050 g/mol. The van der Waals surface area contributed by atoms with Gasteiger partial charge in [0.1, 0.15) is 70.5 Å². The van der Waals surface area contributed by atoms with Crippen LogP contribution in [0.15, 0.2) is 54.6 Å². The van der Waals surface area contributed by atoms with Gasteiger partial charge in [0.15, 0.2) is 0 Å². The maximum Gasteiger partial charge on any atom is 0.389 e. The van der Waals surface area contributed by atoms with Crippen LogP contribution in [0.2, 0.25) is 0 Å². The summed E-state index contributed by atoms with van der Waals surface area (Å²) in [6, 6.07) is 10.9. The number of aryl methyl sites for hydroxylation is 3. The number of halogens is 9. The van der Waals surface area contributed by atoms with Crippen molar-refractivity contribution in [3.63, 3.8) is 0 Å². The number of alkyl halides is 9. The Balaban J connectivity index is 0.000000211. The molecule has 15 rings (SSSR count). The molecule has 3 saturated carbocycles. The summed E-state index contributed by atoms with van der Waals surface area (Å²) in [4.78, 5) is 150. The van der Waals surface area contributed by atoms with E-state index in [2.05, 4.69) is 15.0 Å². The molecule has 6 bridgehead atoms. The van der Waals surface area contributed by atoms with Crippen molar-refractivity contribution in [2.75, 3.05) is 41.0 Å². The fraction of sp³-hybridized carbons (Fsp3) is 0.667. The Hall–Kier alpha value is -8.57.